The number of aromatic nitrogens is 1. The third-order valence-corrected chi connectivity index (χ3v) is 4.46. The number of benzene rings is 1. The van der Waals surface area contributed by atoms with Gasteiger partial charge in [-0.15, -0.1) is 11.3 Å². The lowest BCUT2D eigenvalue weighted by Crippen LogP contribution is -2.14. The minimum atomic E-state index is -0.150. The molecule has 0 aliphatic rings. The lowest BCUT2D eigenvalue weighted by molar-refractivity contribution is -0.115. The molecule has 3 aromatic rings. The Bertz CT molecular complexity index is 854. The summed E-state index contributed by atoms with van der Waals surface area (Å²) in [6.45, 7) is 3.83. The monoisotopic (exact) mass is 346 g/mol. The van der Waals surface area contributed by atoms with Crippen LogP contribution in [0.1, 0.15) is 17.0 Å². The molecule has 1 amide bonds. The van der Waals surface area contributed by atoms with E-state index in [2.05, 4.69) is 10.3 Å². The van der Waals surface area contributed by atoms with Gasteiger partial charge in [0.1, 0.15) is 5.76 Å². The van der Waals surface area contributed by atoms with Crippen molar-refractivity contribution in [2.75, 3.05) is 5.32 Å². The predicted octanol–water partition coefficient (Wildman–Crippen LogP) is 4.85. The average Bonchev–Trinajstić information content (AvgIpc) is 3.11. The van der Waals surface area contributed by atoms with E-state index in [0.29, 0.717) is 16.4 Å². The Balaban J connectivity index is 1.67. The highest BCUT2D eigenvalue weighted by Crippen LogP contribution is 2.26. The maximum absolute atomic E-state index is 12.1. The van der Waals surface area contributed by atoms with Crippen LogP contribution in [0.3, 0.4) is 0 Å². The first-order valence-corrected chi connectivity index (χ1v) is 8.34. The summed E-state index contributed by atoms with van der Waals surface area (Å²) in [4.78, 5) is 16.6. The predicted molar refractivity (Wildman–Crippen MR) is 93.1 cm³/mol. The van der Waals surface area contributed by atoms with Gasteiger partial charge in [-0.1, -0.05) is 17.7 Å². The first-order valence-electron chi connectivity index (χ1n) is 7.08. The molecule has 0 unspecified atom stereocenters. The van der Waals surface area contributed by atoms with Crippen molar-refractivity contribution in [3.05, 3.63) is 57.8 Å². The molecule has 3 rings (SSSR count). The Morgan fingerprint density at radius 1 is 1.30 bits per heavy atom. The van der Waals surface area contributed by atoms with E-state index in [4.69, 9.17) is 16.0 Å². The van der Waals surface area contributed by atoms with Crippen molar-refractivity contribution in [3.8, 4) is 10.8 Å². The number of thiazole rings is 1. The lowest BCUT2D eigenvalue weighted by atomic mass is 10.2. The number of hydrogen-bond acceptors (Lipinski definition) is 4. The molecule has 1 N–H and O–H groups in total. The second-order valence-electron chi connectivity index (χ2n) is 5.26. The van der Waals surface area contributed by atoms with Crippen LogP contribution in [-0.4, -0.2) is 10.9 Å². The molecule has 6 heteroatoms. The SMILES string of the molecule is Cc1ccc(NC(=O)Cc2csc(-c3ccc(C)o3)n2)c(Cl)c1. The summed E-state index contributed by atoms with van der Waals surface area (Å²) in [7, 11) is 0. The van der Waals surface area contributed by atoms with Crippen LogP contribution in [0.5, 0.6) is 0 Å². The van der Waals surface area contributed by atoms with E-state index in [0.717, 1.165) is 22.1 Å². The maximum atomic E-state index is 12.1. The zero-order chi connectivity index (χ0) is 16.4. The molecule has 1 aromatic carbocycles. The maximum Gasteiger partial charge on any atom is 0.230 e. The second-order valence-corrected chi connectivity index (χ2v) is 6.53. The number of nitrogens with zero attached hydrogens (tertiary/aromatic N) is 1. The molecule has 0 saturated carbocycles. The van der Waals surface area contributed by atoms with Gasteiger partial charge in [0.05, 0.1) is 22.8 Å². The van der Waals surface area contributed by atoms with Gasteiger partial charge in [0.25, 0.3) is 0 Å². The fourth-order valence-electron chi connectivity index (χ4n) is 2.13. The van der Waals surface area contributed by atoms with Gasteiger partial charge in [-0.2, -0.15) is 0 Å². The normalized spacial score (nSPS) is 10.7. The van der Waals surface area contributed by atoms with Crippen LogP contribution < -0.4 is 5.32 Å². The van der Waals surface area contributed by atoms with Crippen molar-refractivity contribution in [2.24, 2.45) is 0 Å². The highest BCUT2D eigenvalue weighted by molar-refractivity contribution is 7.13. The zero-order valence-electron chi connectivity index (χ0n) is 12.7. The summed E-state index contributed by atoms with van der Waals surface area (Å²) >= 11 is 7.58. The molecule has 23 heavy (non-hydrogen) atoms. The molecule has 0 bridgehead atoms. The van der Waals surface area contributed by atoms with E-state index >= 15 is 0 Å². The van der Waals surface area contributed by atoms with Gasteiger partial charge in [0, 0.05) is 5.38 Å². The minimum absolute atomic E-state index is 0.150. The average molecular weight is 347 g/mol. The van der Waals surface area contributed by atoms with Gasteiger partial charge in [0.2, 0.25) is 5.91 Å². The van der Waals surface area contributed by atoms with Gasteiger partial charge in [0.15, 0.2) is 10.8 Å². The Labute approximate surface area is 143 Å². The lowest BCUT2D eigenvalue weighted by Gasteiger charge is -2.07. The van der Waals surface area contributed by atoms with Crippen LogP contribution in [0.2, 0.25) is 5.02 Å². The van der Waals surface area contributed by atoms with Crippen molar-refractivity contribution in [1.82, 2.24) is 4.98 Å². The molecule has 0 aliphatic heterocycles. The third-order valence-electron chi connectivity index (χ3n) is 3.24. The van der Waals surface area contributed by atoms with E-state index in [1.54, 1.807) is 6.07 Å². The number of carbonyl (C=O) groups is 1. The van der Waals surface area contributed by atoms with Crippen LogP contribution in [0.25, 0.3) is 10.8 Å². The van der Waals surface area contributed by atoms with Crippen molar-refractivity contribution in [2.45, 2.75) is 20.3 Å². The summed E-state index contributed by atoms with van der Waals surface area (Å²) in [6, 6.07) is 9.29. The first-order chi connectivity index (χ1) is 11.0. The number of nitrogens with one attached hydrogen (secondary N) is 1. The van der Waals surface area contributed by atoms with Crippen LogP contribution in [0.4, 0.5) is 5.69 Å². The first kappa shape index (κ1) is 15.8. The minimum Gasteiger partial charge on any atom is -0.459 e. The summed E-state index contributed by atoms with van der Waals surface area (Å²) in [6.07, 6.45) is 0.195. The molecule has 0 spiro atoms. The van der Waals surface area contributed by atoms with Gasteiger partial charge < -0.3 is 9.73 Å². The Morgan fingerprint density at radius 3 is 2.83 bits per heavy atom. The number of aryl methyl sites for hydroxylation is 2. The number of rotatable bonds is 4. The molecule has 4 nitrogen and oxygen atoms in total. The highest BCUT2D eigenvalue weighted by Gasteiger charge is 2.12. The number of halogens is 1. The zero-order valence-corrected chi connectivity index (χ0v) is 14.3. The largest absolute Gasteiger partial charge is 0.459 e. The quantitative estimate of drug-likeness (QED) is 0.734. The van der Waals surface area contributed by atoms with Gasteiger partial charge in [-0.25, -0.2) is 4.98 Å². The van der Waals surface area contributed by atoms with E-state index in [9.17, 15) is 4.79 Å². The van der Waals surface area contributed by atoms with Crippen molar-refractivity contribution < 1.29 is 9.21 Å². The third kappa shape index (κ3) is 3.81. The highest BCUT2D eigenvalue weighted by atomic mass is 35.5. The van der Waals surface area contributed by atoms with Crippen LogP contribution in [0, 0.1) is 13.8 Å². The molecular formula is C17H15ClN2O2S. The Morgan fingerprint density at radius 2 is 2.13 bits per heavy atom. The number of amides is 1. The molecule has 0 aliphatic carbocycles. The second kappa shape index (κ2) is 6.56. The van der Waals surface area contributed by atoms with E-state index in [1.165, 1.54) is 11.3 Å². The Hall–Kier alpha value is -2.11. The number of anilines is 1. The van der Waals surface area contributed by atoms with E-state index in [-0.39, 0.29) is 12.3 Å². The van der Waals surface area contributed by atoms with Gasteiger partial charge in [-0.05, 0) is 43.7 Å². The molecule has 0 saturated heterocycles. The smallest absolute Gasteiger partial charge is 0.230 e. The molecule has 0 radical (unpaired) electrons. The van der Waals surface area contributed by atoms with E-state index in [1.807, 2.05) is 43.5 Å². The van der Waals surface area contributed by atoms with Crippen molar-refractivity contribution >= 4 is 34.5 Å². The molecule has 118 valence electrons. The number of carbonyl (C=O) groups excluding carboxylic acids is 1. The molecule has 0 atom stereocenters. The summed E-state index contributed by atoms with van der Waals surface area (Å²) < 4.78 is 5.54. The fourth-order valence-corrected chi connectivity index (χ4v) is 3.19. The number of hydrogen-bond donors (Lipinski definition) is 1. The molecule has 2 heterocycles. The van der Waals surface area contributed by atoms with E-state index < -0.39 is 0 Å². The molecule has 2 aromatic heterocycles. The van der Waals surface area contributed by atoms with Gasteiger partial charge in [-0.3, -0.25) is 4.79 Å². The van der Waals surface area contributed by atoms with Gasteiger partial charge >= 0.3 is 0 Å². The van der Waals surface area contributed by atoms with Crippen molar-refractivity contribution in [3.63, 3.8) is 0 Å². The molecule has 0 fully saturated rings. The standard InChI is InChI=1S/C17H15ClN2O2S/c1-10-3-5-14(13(18)7-10)20-16(21)8-12-9-23-17(19-12)15-6-4-11(2)22-15/h3-7,9H,8H2,1-2H3,(H,20,21). The fraction of sp³-hybridized carbons (Fsp3) is 0.176. The number of furan rings is 1. The topological polar surface area (TPSA) is 55.1 Å². The summed E-state index contributed by atoms with van der Waals surface area (Å²) in [5, 5.41) is 5.98. The van der Waals surface area contributed by atoms with Crippen LogP contribution in [-0.2, 0) is 11.2 Å². The van der Waals surface area contributed by atoms with Crippen LogP contribution >= 0.6 is 22.9 Å². The molecular weight excluding hydrogens is 332 g/mol. The summed E-state index contributed by atoms with van der Waals surface area (Å²) in [5.41, 5.74) is 2.37. The van der Waals surface area contributed by atoms with Crippen LogP contribution in [0.15, 0.2) is 40.1 Å². The summed E-state index contributed by atoms with van der Waals surface area (Å²) in [5.74, 6) is 1.41. The van der Waals surface area contributed by atoms with Crippen molar-refractivity contribution in [1.29, 1.82) is 0 Å². The Kier molecular flexibility index (Phi) is 4.50.